The Morgan fingerprint density at radius 2 is 1.87 bits per heavy atom. The number of carbonyl (C=O) groups excluding carboxylic acids is 2. The highest BCUT2D eigenvalue weighted by molar-refractivity contribution is 5.75. The highest BCUT2D eigenvalue weighted by Crippen LogP contribution is 2.21. The Morgan fingerprint density at radius 3 is 2.37 bits per heavy atom. The molecule has 0 saturated carbocycles. The molecule has 0 atom stereocenters. The van der Waals surface area contributed by atoms with Crippen LogP contribution in [0.3, 0.4) is 0 Å². The Balaban J connectivity index is 1.88. The molecule has 1 aliphatic rings. The van der Waals surface area contributed by atoms with E-state index < -0.39 is 17.1 Å². The predicted octanol–water partition coefficient (Wildman–Crippen LogP) is 3.00. The number of hydrogen-bond acceptors (Lipinski definition) is 6. The predicted molar refractivity (Wildman–Crippen MR) is 99.1 cm³/mol. The molecule has 0 bridgehead atoms. The van der Waals surface area contributed by atoms with Crippen molar-refractivity contribution in [2.45, 2.75) is 44.9 Å². The fraction of sp³-hybridized carbons (Fsp3) is 0.556. The molecular formula is C18H23F3N4O5. The zero-order valence-corrected chi connectivity index (χ0v) is 16.4. The number of piperidine rings is 1. The third-order valence-electron chi connectivity index (χ3n) is 4.62. The van der Waals surface area contributed by atoms with Crippen molar-refractivity contribution in [2.75, 3.05) is 19.6 Å². The zero-order valence-electron chi connectivity index (χ0n) is 16.4. The summed E-state index contributed by atoms with van der Waals surface area (Å²) in [5.74, 6) is -2.26. The molecule has 166 valence electrons. The molecule has 1 N–H and O–H groups in total. The maximum atomic E-state index is 12.6. The molecule has 1 aliphatic heterocycles. The van der Waals surface area contributed by atoms with Gasteiger partial charge in [0, 0.05) is 44.4 Å². The normalized spacial score (nSPS) is 15.5. The average molecular weight is 432 g/mol. The van der Waals surface area contributed by atoms with E-state index in [2.05, 4.69) is 10.2 Å². The Labute approximate surface area is 170 Å². The molecule has 12 heteroatoms. The minimum absolute atomic E-state index is 0.0457. The topological polar surface area (TPSA) is 105 Å². The van der Waals surface area contributed by atoms with Gasteiger partial charge in [-0.1, -0.05) is 19.1 Å². The van der Waals surface area contributed by atoms with Crippen molar-refractivity contribution >= 4 is 17.7 Å². The summed E-state index contributed by atoms with van der Waals surface area (Å²) in [5, 5.41) is 14.4. The number of rotatable bonds is 7. The van der Waals surface area contributed by atoms with Crippen LogP contribution in [-0.4, -0.2) is 58.7 Å². The number of nitrogens with one attached hydrogen (secondary N) is 1. The number of non-ortho nitro benzene ring substituents is 1. The number of urea groups is 1. The SMILES string of the molecule is CCCN(C(=O)NCc1ccc([N+](=O)[O-])cc1)C1CCN(OC(=O)C(F)(F)F)CC1. The number of alkyl halides is 3. The molecule has 9 nitrogen and oxygen atoms in total. The second-order valence-corrected chi connectivity index (χ2v) is 6.81. The molecule has 2 amide bonds. The van der Waals surface area contributed by atoms with Crippen molar-refractivity contribution in [3.63, 3.8) is 0 Å². The van der Waals surface area contributed by atoms with Crippen molar-refractivity contribution in [1.29, 1.82) is 0 Å². The van der Waals surface area contributed by atoms with Gasteiger partial charge in [-0.15, -0.1) is 5.06 Å². The lowest BCUT2D eigenvalue weighted by molar-refractivity contribution is -0.384. The van der Waals surface area contributed by atoms with E-state index in [0.717, 1.165) is 5.06 Å². The smallest absolute Gasteiger partial charge is 0.361 e. The average Bonchev–Trinajstić information content (AvgIpc) is 2.70. The van der Waals surface area contributed by atoms with Crippen molar-refractivity contribution in [3.8, 4) is 0 Å². The van der Waals surface area contributed by atoms with Crippen LogP contribution in [-0.2, 0) is 16.2 Å². The number of halogens is 3. The minimum Gasteiger partial charge on any atom is -0.361 e. The largest absolute Gasteiger partial charge is 0.492 e. The summed E-state index contributed by atoms with van der Waals surface area (Å²) in [4.78, 5) is 39.7. The van der Waals surface area contributed by atoms with Gasteiger partial charge < -0.3 is 15.1 Å². The van der Waals surface area contributed by atoms with Crippen LogP contribution >= 0.6 is 0 Å². The molecule has 1 fully saturated rings. The van der Waals surface area contributed by atoms with Crippen molar-refractivity contribution in [2.24, 2.45) is 0 Å². The molecule has 1 aromatic carbocycles. The highest BCUT2D eigenvalue weighted by atomic mass is 19.4. The third kappa shape index (κ3) is 6.58. The number of nitro groups is 1. The first-order valence-corrected chi connectivity index (χ1v) is 9.43. The molecule has 30 heavy (non-hydrogen) atoms. The standard InChI is InChI=1S/C18H23F3N4O5/c1-2-9-24(14-7-10-23(11-8-14)30-16(26)18(19,20)21)17(27)22-12-13-3-5-15(6-4-13)25(28)29/h3-6,14H,2,7-12H2,1H3,(H,22,27). The van der Waals surface area contributed by atoms with Crippen LogP contribution in [0.25, 0.3) is 0 Å². The Morgan fingerprint density at radius 1 is 1.27 bits per heavy atom. The van der Waals surface area contributed by atoms with E-state index >= 15 is 0 Å². The van der Waals surface area contributed by atoms with Crippen molar-refractivity contribution in [3.05, 3.63) is 39.9 Å². The molecule has 0 aromatic heterocycles. The van der Waals surface area contributed by atoms with Gasteiger partial charge in [-0.05, 0) is 24.8 Å². The van der Waals surface area contributed by atoms with Gasteiger partial charge in [0.25, 0.3) is 5.69 Å². The molecule has 0 spiro atoms. The summed E-state index contributed by atoms with van der Waals surface area (Å²) in [6.07, 6.45) is -3.65. The second kappa shape index (κ2) is 10.2. The molecular weight excluding hydrogens is 409 g/mol. The second-order valence-electron chi connectivity index (χ2n) is 6.81. The molecule has 1 heterocycles. The van der Waals surface area contributed by atoms with Crippen molar-refractivity contribution in [1.82, 2.24) is 15.3 Å². The molecule has 0 radical (unpaired) electrons. The van der Waals surface area contributed by atoms with E-state index in [9.17, 15) is 32.9 Å². The fourth-order valence-electron chi connectivity index (χ4n) is 3.12. The summed E-state index contributed by atoms with van der Waals surface area (Å²) in [6.45, 7) is 2.71. The first-order valence-electron chi connectivity index (χ1n) is 9.43. The van der Waals surface area contributed by atoms with Crippen LogP contribution in [0.2, 0.25) is 0 Å². The molecule has 1 aromatic rings. The lowest BCUT2D eigenvalue weighted by Gasteiger charge is -2.37. The van der Waals surface area contributed by atoms with Gasteiger partial charge in [0.2, 0.25) is 0 Å². The van der Waals surface area contributed by atoms with Crippen LogP contribution in [0.1, 0.15) is 31.7 Å². The Bertz CT molecular complexity index is 749. The summed E-state index contributed by atoms with van der Waals surface area (Å²) < 4.78 is 36.9. The highest BCUT2D eigenvalue weighted by Gasteiger charge is 2.43. The van der Waals surface area contributed by atoms with Gasteiger partial charge in [-0.3, -0.25) is 10.1 Å². The molecule has 0 unspecified atom stereocenters. The summed E-state index contributed by atoms with van der Waals surface area (Å²) in [7, 11) is 0. The van der Waals surface area contributed by atoms with Gasteiger partial charge in [-0.25, -0.2) is 9.59 Å². The van der Waals surface area contributed by atoms with E-state index in [1.54, 1.807) is 17.0 Å². The Hall–Kier alpha value is -2.89. The summed E-state index contributed by atoms with van der Waals surface area (Å²) in [5.41, 5.74) is 0.648. The number of amides is 2. The van der Waals surface area contributed by atoms with E-state index in [4.69, 9.17) is 0 Å². The number of hydroxylamine groups is 2. The van der Waals surface area contributed by atoms with Crippen LogP contribution in [0.4, 0.5) is 23.7 Å². The summed E-state index contributed by atoms with van der Waals surface area (Å²) in [6, 6.07) is 5.27. The molecule has 1 saturated heterocycles. The number of benzene rings is 1. The van der Waals surface area contributed by atoms with Crippen LogP contribution in [0.5, 0.6) is 0 Å². The quantitative estimate of drug-likeness (QED) is 0.525. The number of carbonyl (C=O) groups is 2. The lowest BCUT2D eigenvalue weighted by Crippen LogP contribution is -2.51. The van der Waals surface area contributed by atoms with Gasteiger partial charge in [0.1, 0.15) is 0 Å². The summed E-state index contributed by atoms with van der Waals surface area (Å²) >= 11 is 0. The first-order chi connectivity index (χ1) is 14.1. The fourth-order valence-corrected chi connectivity index (χ4v) is 3.12. The Kier molecular flexibility index (Phi) is 7.98. The van der Waals surface area contributed by atoms with E-state index in [1.807, 2.05) is 6.92 Å². The van der Waals surface area contributed by atoms with Crippen molar-refractivity contribution < 1.29 is 32.5 Å². The number of hydrogen-bond donors (Lipinski definition) is 1. The maximum Gasteiger partial charge on any atom is 0.492 e. The van der Waals surface area contributed by atoms with Crippen LogP contribution < -0.4 is 5.32 Å². The molecule has 0 aliphatic carbocycles. The number of nitro benzene ring substituents is 1. The monoisotopic (exact) mass is 432 g/mol. The first kappa shape index (κ1) is 23.4. The van der Waals surface area contributed by atoms with Gasteiger partial charge >= 0.3 is 18.2 Å². The van der Waals surface area contributed by atoms with Gasteiger partial charge in [0.05, 0.1) is 4.92 Å². The minimum atomic E-state index is -5.05. The zero-order chi connectivity index (χ0) is 22.3. The maximum absolute atomic E-state index is 12.6. The van der Waals surface area contributed by atoms with Gasteiger partial charge in [-0.2, -0.15) is 13.2 Å². The van der Waals surface area contributed by atoms with Crippen LogP contribution in [0.15, 0.2) is 24.3 Å². The van der Waals surface area contributed by atoms with E-state index in [-0.39, 0.29) is 37.4 Å². The van der Waals surface area contributed by atoms with Gasteiger partial charge in [0.15, 0.2) is 0 Å². The lowest BCUT2D eigenvalue weighted by atomic mass is 10.0. The van der Waals surface area contributed by atoms with Crippen LogP contribution in [0, 0.1) is 10.1 Å². The molecule has 2 rings (SSSR count). The van der Waals surface area contributed by atoms with E-state index in [0.29, 0.717) is 31.4 Å². The third-order valence-corrected chi connectivity index (χ3v) is 4.62. The van der Waals surface area contributed by atoms with E-state index in [1.165, 1.54) is 12.1 Å². The number of nitrogens with zero attached hydrogens (tertiary/aromatic N) is 3.